The molecule has 0 saturated carbocycles. The van der Waals surface area contributed by atoms with Crippen LogP contribution in [0.25, 0.3) is 0 Å². The Morgan fingerprint density at radius 2 is 1.76 bits per heavy atom. The molecule has 1 saturated heterocycles. The Balaban J connectivity index is 2.07. The van der Waals surface area contributed by atoms with Crippen LogP contribution in [0, 0.1) is 12.8 Å². The molecule has 25 heavy (non-hydrogen) atoms. The van der Waals surface area contributed by atoms with E-state index in [0.29, 0.717) is 12.2 Å². The molecule has 1 fully saturated rings. The number of aryl methyl sites for hydroxylation is 1. The van der Waals surface area contributed by atoms with E-state index in [1.807, 2.05) is 43.3 Å². The summed E-state index contributed by atoms with van der Waals surface area (Å²) in [4.78, 5) is 26.1. The second-order valence-corrected chi connectivity index (χ2v) is 6.30. The lowest BCUT2D eigenvalue weighted by atomic mass is 9.84. The number of aliphatic carboxylic acids is 1. The molecule has 5 heteroatoms. The average Bonchev–Trinajstić information content (AvgIpc) is 2.62. The highest BCUT2D eigenvalue weighted by Gasteiger charge is 2.41. The monoisotopic (exact) mass is 339 g/mol. The summed E-state index contributed by atoms with van der Waals surface area (Å²) in [7, 11) is 1.58. The molecule has 0 bridgehead atoms. The van der Waals surface area contributed by atoms with Crippen LogP contribution in [-0.2, 0) is 9.59 Å². The largest absolute Gasteiger partial charge is 0.497 e. The Bertz CT molecular complexity index is 767. The molecule has 1 amide bonds. The van der Waals surface area contributed by atoms with E-state index in [9.17, 15) is 14.7 Å². The number of carboxylic acid groups (broad SMARTS) is 1. The predicted octanol–water partition coefficient (Wildman–Crippen LogP) is 3.57. The number of ether oxygens (including phenoxy) is 1. The second kappa shape index (κ2) is 6.97. The van der Waals surface area contributed by atoms with Crippen LogP contribution >= 0.6 is 0 Å². The summed E-state index contributed by atoms with van der Waals surface area (Å²) in [6.07, 6.45) is 0.574. The van der Waals surface area contributed by atoms with Crippen molar-refractivity contribution in [3.8, 4) is 5.75 Å². The standard InChI is InChI=1S/C20H21NO4/c1-13-3-7-15(8-4-13)21-18(22)12-11-17(20(23)24)19(21)14-5-9-16(25-2)10-6-14/h3-10,17,19H,11-12H2,1-2H3,(H,23,24)/t17-,19-/m1/s1. The van der Waals surface area contributed by atoms with Gasteiger partial charge < -0.3 is 14.7 Å². The number of piperidine rings is 1. The molecule has 2 aromatic rings. The molecule has 130 valence electrons. The third-order valence-electron chi connectivity index (χ3n) is 4.68. The average molecular weight is 339 g/mol. The van der Waals surface area contributed by atoms with Crippen molar-refractivity contribution < 1.29 is 19.4 Å². The Hall–Kier alpha value is -2.82. The number of hydrogen-bond donors (Lipinski definition) is 1. The van der Waals surface area contributed by atoms with Gasteiger partial charge in [-0.25, -0.2) is 0 Å². The van der Waals surface area contributed by atoms with Crippen molar-refractivity contribution >= 4 is 17.6 Å². The van der Waals surface area contributed by atoms with E-state index in [1.54, 1.807) is 24.1 Å². The van der Waals surface area contributed by atoms with E-state index in [1.165, 1.54) is 0 Å². The number of nitrogens with zero attached hydrogens (tertiary/aromatic N) is 1. The van der Waals surface area contributed by atoms with Crippen molar-refractivity contribution in [3.63, 3.8) is 0 Å². The van der Waals surface area contributed by atoms with Crippen LogP contribution in [0.15, 0.2) is 48.5 Å². The molecule has 1 heterocycles. The number of anilines is 1. The van der Waals surface area contributed by atoms with Crippen LogP contribution in [-0.4, -0.2) is 24.1 Å². The molecule has 1 aliphatic rings. The Kier molecular flexibility index (Phi) is 4.74. The number of carboxylic acids is 1. The first-order valence-electron chi connectivity index (χ1n) is 8.26. The summed E-state index contributed by atoms with van der Waals surface area (Å²) in [5.74, 6) is -0.889. The van der Waals surface area contributed by atoms with Crippen molar-refractivity contribution in [2.75, 3.05) is 12.0 Å². The molecule has 3 rings (SSSR count). The molecule has 0 unspecified atom stereocenters. The molecular formula is C20H21NO4. The minimum atomic E-state index is -0.884. The van der Waals surface area contributed by atoms with Gasteiger partial charge in [-0.1, -0.05) is 29.8 Å². The number of benzene rings is 2. The minimum absolute atomic E-state index is 0.0535. The van der Waals surface area contributed by atoms with Gasteiger partial charge in [0.2, 0.25) is 5.91 Å². The van der Waals surface area contributed by atoms with Crippen molar-refractivity contribution in [3.05, 3.63) is 59.7 Å². The summed E-state index contributed by atoms with van der Waals surface area (Å²) < 4.78 is 5.18. The Morgan fingerprint density at radius 3 is 2.32 bits per heavy atom. The highest BCUT2D eigenvalue weighted by Crippen LogP contribution is 2.40. The van der Waals surface area contributed by atoms with Crippen molar-refractivity contribution in [1.29, 1.82) is 0 Å². The van der Waals surface area contributed by atoms with Crippen molar-refractivity contribution in [2.24, 2.45) is 5.92 Å². The topological polar surface area (TPSA) is 66.8 Å². The number of hydrogen-bond acceptors (Lipinski definition) is 3. The summed E-state index contributed by atoms with van der Waals surface area (Å²) in [5, 5.41) is 9.70. The molecule has 0 spiro atoms. The van der Waals surface area contributed by atoms with E-state index in [2.05, 4.69) is 0 Å². The zero-order chi connectivity index (χ0) is 18.0. The third kappa shape index (κ3) is 3.36. The second-order valence-electron chi connectivity index (χ2n) is 6.30. The molecule has 0 radical (unpaired) electrons. The highest BCUT2D eigenvalue weighted by molar-refractivity contribution is 5.96. The SMILES string of the molecule is COc1ccc([C@@H]2[C@H](C(=O)O)CCC(=O)N2c2ccc(C)cc2)cc1. The van der Waals surface area contributed by atoms with Gasteiger partial charge in [0.15, 0.2) is 0 Å². The van der Waals surface area contributed by atoms with Gasteiger partial charge >= 0.3 is 5.97 Å². The molecule has 0 aliphatic carbocycles. The number of carbonyl (C=O) groups is 2. The summed E-state index contributed by atoms with van der Waals surface area (Å²) in [6.45, 7) is 1.98. The molecule has 1 aliphatic heterocycles. The summed E-state index contributed by atoms with van der Waals surface area (Å²) >= 11 is 0. The van der Waals surface area contributed by atoms with Gasteiger partial charge in [-0.3, -0.25) is 9.59 Å². The van der Waals surface area contributed by atoms with Crippen LogP contribution in [0.2, 0.25) is 0 Å². The molecular weight excluding hydrogens is 318 g/mol. The van der Waals surface area contributed by atoms with E-state index in [4.69, 9.17) is 4.74 Å². The molecule has 5 nitrogen and oxygen atoms in total. The van der Waals surface area contributed by atoms with Gasteiger partial charge in [0.1, 0.15) is 5.75 Å². The molecule has 2 atom stereocenters. The van der Waals surface area contributed by atoms with E-state index >= 15 is 0 Å². The summed E-state index contributed by atoms with van der Waals surface area (Å²) in [5.41, 5.74) is 2.60. The smallest absolute Gasteiger partial charge is 0.308 e. The summed E-state index contributed by atoms with van der Waals surface area (Å²) in [6, 6.07) is 14.3. The molecule has 2 aromatic carbocycles. The first-order chi connectivity index (χ1) is 12.0. The van der Waals surface area contributed by atoms with Gasteiger partial charge in [0, 0.05) is 12.1 Å². The first kappa shape index (κ1) is 17.0. The van der Waals surface area contributed by atoms with Crippen LogP contribution in [0.5, 0.6) is 5.75 Å². The Labute approximate surface area is 146 Å². The maximum atomic E-state index is 12.7. The lowest BCUT2D eigenvalue weighted by molar-refractivity contribution is -0.144. The Morgan fingerprint density at radius 1 is 1.12 bits per heavy atom. The maximum absolute atomic E-state index is 12.7. The van der Waals surface area contributed by atoms with Gasteiger partial charge in [-0.2, -0.15) is 0 Å². The third-order valence-corrected chi connectivity index (χ3v) is 4.68. The van der Waals surface area contributed by atoms with Crippen molar-refractivity contribution in [2.45, 2.75) is 25.8 Å². The zero-order valence-electron chi connectivity index (χ0n) is 14.3. The molecule has 0 aromatic heterocycles. The lowest BCUT2D eigenvalue weighted by Gasteiger charge is -2.40. The highest BCUT2D eigenvalue weighted by atomic mass is 16.5. The van der Waals surface area contributed by atoms with Gasteiger partial charge in [-0.05, 0) is 43.2 Å². The fraction of sp³-hybridized carbons (Fsp3) is 0.300. The predicted molar refractivity (Wildman–Crippen MR) is 94.8 cm³/mol. The van der Waals surface area contributed by atoms with Gasteiger partial charge in [0.25, 0.3) is 0 Å². The normalized spacial score (nSPS) is 20.4. The fourth-order valence-electron chi connectivity index (χ4n) is 3.34. The number of amides is 1. The van der Waals surface area contributed by atoms with Crippen LogP contribution in [0.1, 0.15) is 30.0 Å². The van der Waals surface area contributed by atoms with E-state index in [-0.39, 0.29) is 12.3 Å². The van der Waals surface area contributed by atoms with E-state index in [0.717, 1.165) is 16.8 Å². The number of methoxy groups -OCH3 is 1. The number of carbonyl (C=O) groups excluding carboxylic acids is 1. The zero-order valence-corrected chi connectivity index (χ0v) is 14.3. The van der Waals surface area contributed by atoms with Crippen LogP contribution in [0.4, 0.5) is 5.69 Å². The van der Waals surface area contributed by atoms with Crippen molar-refractivity contribution in [1.82, 2.24) is 0 Å². The fourth-order valence-corrected chi connectivity index (χ4v) is 3.34. The van der Waals surface area contributed by atoms with E-state index < -0.39 is 17.9 Å². The minimum Gasteiger partial charge on any atom is -0.497 e. The lowest BCUT2D eigenvalue weighted by Crippen LogP contribution is -2.45. The first-order valence-corrected chi connectivity index (χ1v) is 8.26. The number of rotatable bonds is 4. The van der Waals surface area contributed by atoms with Crippen LogP contribution in [0.3, 0.4) is 0 Å². The van der Waals surface area contributed by atoms with Gasteiger partial charge in [0.05, 0.1) is 19.1 Å². The molecule has 1 N–H and O–H groups in total. The van der Waals surface area contributed by atoms with Crippen LogP contribution < -0.4 is 9.64 Å². The van der Waals surface area contributed by atoms with Gasteiger partial charge in [-0.15, -0.1) is 0 Å². The maximum Gasteiger partial charge on any atom is 0.308 e. The quantitative estimate of drug-likeness (QED) is 0.925.